The zero-order valence-electron chi connectivity index (χ0n) is 14.7. The standard InChI is InChI=1S/C18H29N3O2.ClH/c1-3-5-17(19)18(22)21-12-10-20(11-13-21)14-15-6-8-16(9-7-15)23-4-2;/h6-9,17H,3-5,10-14,19H2,1-2H3;1H. The fourth-order valence-corrected chi connectivity index (χ4v) is 2.91. The maximum atomic E-state index is 12.2. The number of hydrogen-bond acceptors (Lipinski definition) is 4. The summed E-state index contributed by atoms with van der Waals surface area (Å²) in [7, 11) is 0. The van der Waals surface area contributed by atoms with E-state index in [1.807, 2.05) is 24.0 Å². The van der Waals surface area contributed by atoms with Gasteiger partial charge in [-0.1, -0.05) is 25.5 Å². The molecule has 0 bridgehead atoms. The van der Waals surface area contributed by atoms with Crippen LogP contribution in [0.2, 0.25) is 0 Å². The SMILES string of the molecule is CCCC(N)C(=O)N1CCN(Cc2ccc(OCC)cc2)CC1.Cl. The lowest BCUT2D eigenvalue weighted by Crippen LogP contribution is -2.52. The van der Waals surface area contributed by atoms with E-state index in [9.17, 15) is 4.79 Å². The molecule has 1 unspecified atom stereocenters. The average Bonchev–Trinajstić information content (AvgIpc) is 2.57. The molecule has 1 aromatic carbocycles. The van der Waals surface area contributed by atoms with Crippen molar-refractivity contribution in [2.24, 2.45) is 5.73 Å². The summed E-state index contributed by atoms with van der Waals surface area (Å²) in [5.41, 5.74) is 7.21. The third kappa shape index (κ3) is 5.96. The molecule has 2 N–H and O–H groups in total. The quantitative estimate of drug-likeness (QED) is 0.815. The molecular weight excluding hydrogens is 326 g/mol. The Kier molecular flexibility index (Phi) is 9.11. The number of hydrogen-bond donors (Lipinski definition) is 1. The highest BCUT2D eigenvalue weighted by atomic mass is 35.5. The van der Waals surface area contributed by atoms with Gasteiger partial charge in [0, 0.05) is 32.7 Å². The van der Waals surface area contributed by atoms with Crippen molar-refractivity contribution in [3.63, 3.8) is 0 Å². The van der Waals surface area contributed by atoms with Crippen LogP contribution in [0.15, 0.2) is 24.3 Å². The Bertz CT molecular complexity index is 488. The van der Waals surface area contributed by atoms with Crippen molar-refractivity contribution in [2.45, 2.75) is 39.3 Å². The summed E-state index contributed by atoms with van der Waals surface area (Å²) in [6.45, 7) is 8.99. The van der Waals surface area contributed by atoms with E-state index in [1.54, 1.807) is 0 Å². The molecule has 0 radical (unpaired) electrons. The first kappa shape index (κ1) is 20.7. The zero-order valence-corrected chi connectivity index (χ0v) is 15.6. The number of halogens is 1. The number of nitrogens with zero attached hydrogens (tertiary/aromatic N) is 2. The van der Waals surface area contributed by atoms with Crippen LogP contribution in [0.4, 0.5) is 0 Å². The maximum absolute atomic E-state index is 12.2. The maximum Gasteiger partial charge on any atom is 0.239 e. The number of carbonyl (C=O) groups excluding carboxylic acids is 1. The largest absolute Gasteiger partial charge is 0.494 e. The molecule has 1 fully saturated rings. The van der Waals surface area contributed by atoms with Crippen LogP contribution in [0.1, 0.15) is 32.3 Å². The van der Waals surface area contributed by atoms with Gasteiger partial charge >= 0.3 is 0 Å². The summed E-state index contributed by atoms with van der Waals surface area (Å²) in [4.78, 5) is 16.5. The topological polar surface area (TPSA) is 58.8 Å². The minimum absolute atomic E-state index is 0. The van der Waals surface area contributed by atoms with E-state index < -0.39 is 0 Å². The molecule has 1 aromatic rings. The van der Waals surface area contributed by atoms with Crippen molar-refractivity contribution >= 4 is 18.3 Å². The van der Waals surface area contributed by atoms with Crippen molar-refractivity contribution in [3.05, 3.63) is 29.8 Å². The first-order valence-corrected chi connectivity index (χ1v) is 8.62. The third-order valence-electron chi connectivity index (χ3n) is 4.24. The molecule has 1 heterocycles. The van der Waals surface area contributed by atoms with Crippen LogP contribution in [0, 0.1) is 0 Å². The summed E-state index contributed by atoms with van der Waals surface area (Å²) in [6.07, 6.45) is 1.72. The number of ether oxygens (including phenoxy) is 1. The number of amides is 1. The van der Waals surface area contributed by atoms with E-state index in [-0.39, 0.29) is 24.4 Å². The Morgan fingerprint density at radius 2 is 1.79 bits per heavy atom. The van der Waals surface area contributed by atoms with Crippen LogP contribution >= 0.6 is 12.4 Å². The van der Waals surface area contributed by atoms with Crippen molar-refractivity contribution in [2.75, 3.05) is 32.8 Å². The van der Waals surface area contributed by atoms with Gasteiger partial charge in [-0.25, -0.2) is 0 Å². The molecule has 0 spiro atoms. The molecule has 24 heavy (non-hydrogen) atoms. The number of rotatable bonds is 7. The van der Waals surface area contributed by atoms with Crippen LogP contribution in [-0.4, -0.2) is 54.5 Å². The third-order valence-corrected chi connectivity index (χ3v) is 4.24. The fraction of sp³-hybridized carbons (Fsp3) is 0.611. The highest BCUT2D eigenvalue weighted by Crippen LogP contribution is 2.15. The number of nitrogens with two attached hydrogens (primary N) is 1. The van der Waals surface area contributed by atoms with Gasteiger partial charge in [0.05, 0.1) is 12.6 Å². The minimum Gasteiger partial charge on any atom is -0.494 e. The van der Waals surface area contributed by atoms with Crippen molar-refractivity contribution in [1.82, 2.24) is 9.80 Å². The molecule has 0 aromatic heterocycles. The van der Waals surface area contributed by atoms with E-state index in [4.69, 9.17) is 10.5 Å². The molecule has 1 aliphatic rings. The first-order valence-electron chi connectivity index (χ1n) is 8.62. The highest BCUT2D eigenvalue weighted by molar-refractivity contribution is 5.85. The molecule has 0 aliphatic carbocycles. The molecule has 1 saturated heterocycles. The highest BCUT2D eigenvalue weighted by Gasteiger charge is 2.24. The van der Waals surface area contributed by atoms with Crippen LogP contribution in [0.25, 0.3) is 0 Å². The lowest BCUT2D eigenvalue weighted by molar-refractivity contribution is -0.134. The second-order valence-electron chi connectivity index (χ2n) is 6.07. The fourth-order valence-electron chi connectivity index (χ4n) is 2.91. The van der Waals surface area contributed by atoms with E-state index in [0.29, 0.717) is 6.61 Å². The monoisotopic (exact) mass is 355 g/mol. The molecule has 1 amide bonds. The van der Waals surface area contributed by atoms with Gasteiger partial charge in [-0.3, -0.25) is 9.69 Å². The Balaban J connectivity index is 0.00000288. The first-order chi connectivity index (χ1) is 11.1. The normalized spacial score (nSPS) is 16.4. The molecule has 2 rings (SSSR count). The van der Waals surface area contributed by atoms with Gasteiger partial charge in [-0.2, -0.15) is 0 Å². The van der Waals surface area contributed by atoms with E-state index in [1.165, 1.54) is 5.56 Å². The molecular formula is C18H30ClN3O2. The van der Waals surface area contributed by atoms with Gasteiger partial charge in [-0.15, -0.1) is 12.4 Å². The molecule has 1 aliphatic heterocycles. The number of carbonyl (C=O) groups is 1. The summed E-state index contributed by atoms with van der Waals surface area (Å²) in [5.74, 6) is 1.02. The summed E-state index contributed by atoms with van der Waals surface area (Å²) >= 11 is 0. The summed E-state index contributed by atoms with van der Waals surface area (Å²) < 4.78 is 5.46. The Morgan fingerprint density at radius 1 is 1.17 bits per heavy atom. The predicted molar refractivity (Wildman–Crippen MR) is 99.6 cm³/mol. The van der Waals surface area contributed by atoms with Crippen molar-refractivity contribution in [1.29, 1.82) is 0 Å². The smallest absolute Gasteiger partial charge is 0.239 e. The molecule has 1 atom stereocenters. The van der Waals surface area contributed by atoms with Crippen LogP contribution in [0.3, 0.4) is 0 Å². The number of benzene rings is 1. The Hall–Kier alpha value is -1.30. The average molecular weight is 356 g/mol. The van der Waals surface area contributed by atoms with Gasteiger partial charge in [0.15, 0.2) is 0 Å². The molecule has 136 valence electrons. The van der Waals surface area contributed by atoms with Gasteiger partial charge < -0.3 is 15.4 Å². The lowest BCUT2D eigenvalue weighted by atomic mass is 10.1. The lowest BCUT2D eigenvalue weighted by Gasteiger charge is -2.36. The van der Waals surface area contributed by atoms with Crippen molar-refractivity contribution < 1.29 is 9.53 Å². The summed E-state index contributed by atoms with van der Waals surface area (Å²) in [5, 5.41) is 0. The van der Waals surface area contributed by atoms with Gasteiger partial charge in [-0.05, 0) is 31.0 Å². The minimum atomic E-state index is -0.336. The summed E-state index contributed by atoms with van der Waals surface area (Å²) in [6, 6.07) is 7.92. The van der Waals surface area contributed by atoms with E-state index in [0.717, 1.165) is 51.3 Å². The van der Waals surface area contributed by atoms with Gasteiger partial charge in [0.1, 0.15) is 5.75 Å². The van der Waals surface area contributed by atoms with Crippen LogP contribution in [-0.2, 0) is 11.3 Å². The molecule has 6 heteroatoms. The predicted octanol–water partition coefficient (Wildman–Crippen LogP) is 2.28. The zero-order chi connectivity index (χ0) is 16.7. The van der Waals surface area contributed by atoms with Crippen LogP contribution in [0.5, 0.6) is 5.75 Å². The molecule has 5 nitrogen and oxygen atoms in total. The Labute approximate surface area is 151 Å². The van der Waals surface area contributed by atoms with Crippen molar-refractivity contribution in [3.8, 4) is 5.75 Å². The van der Waals surface area contributed by atoms with E-state index >= 15 is 0 Å². The van der Waals surface area contributed by atoms with E-state index in [2.05, 4.69) is 24.0 Å². The number of piperazine rings is 1. The second-order valence-corrected chi connectivity index (χ2v) is 6.07. The van der Waals surface area contributed by atoms with Crippen LogP contribution < -0.4 is 10.5 Å². The molecule has 0 saturated carbocycles. The Morgan fingerprint density at radius 3 is 2.33 bits per heavy atom. The van der Waals surface area contributed by atoms with Gasteiger partial charge in [0.25, 0.3) is 0 Å². The van der Waals surface area contributed by atoms with Gasteiger partial charge in [0.2, 0.25) is 5.91 Å². The second kappa shape index (κ2) is 10.5.